The van der Waals surface area contributed by atoms with Crippen molar-refractivity contribution in [2.24, 2.45) is 4.99 Å². The van der Waals surface area contributed by atoms with E-state index in [9.17, 15) is 4.79 Å². The van der Waals surface area contributed by atoms with E-state index in [0.29, 0.717) is 15.6 Å². The lowest BCUT2D eigenvalue weighted by atomic mass is 10.2. The van der Waals surface area contributed by atoms with Crippen molar-refractivity contribution >= 4 is 40.9 Å². The Balaban J connectivity index is 1.93. The van der Waals surface area contributed by atoms with Crippen molar-refractivity contribution in [3.8, 4) is 5.75 Å². The molecule has 3 rings (SSSR count). The summed E-state index contributed by atoms with van der Waals surface area (Å²) >= 11 is 7.24. The number of cyclic esters (lactones) is 1. The van der Waals surface area contributed by atoms with Gasteiger partial charge in [0.15, 0.2) is 5.70 Å². The van der Waals surface area contributed by atoms with Gasteiger partial charge in [-0.05, 0) is 36.4 Å². The highest BCUT2D eigenvalue weighted by Gasteiger charge is 2.24. The molecular formula is C15H10ClNO3S. The fourth-order valence-electron chi connectivity index (χ4n) is 1.83. The molecule has 0 atom stereocenters. The third-order valence-electron chi connectivity index (χ3n) is 2.81. The second kappa shape index (κ2) is 5.71. The Morgan fingerprint density at radius 2 is 2.19 bits per heavy atom. The maximum absolute atomic E-state index is 11.9. The third kappa shape index (κ3) is 2.99. The van der Waals surface area contributed by atoms with E-state index in [4.69, 9.17) is 21.1 Å². The van der Waals surface area contributed by atoms with Crippen molar-refractivity contribution in [3.63, 3.8) is 0 Å². The summed E-state index contributed by atoms with van der Waals surface area (Å²) in [6, 6.07) is 10.8. The van der Waals surface area contributed by atoms with E-state index < -0.39 is 5.97 Å². The molecule has 0 fully saturated rings. The summed E-state index contributed by atoms with van der Waals surface area (Å²) in [6.45, 7) is 0. The van der Waals surface area contributed by atoms with Crippen molar-refractivity contribution in [1.29, 1.82) is 0 Å². The van der Waals surface area contributed by atoms with Gasteiger partial charge in [0.1, 0.15) is 5.75 Å². The van der Waals surface area contributed by atoms with Crippen molar-refractivity contribution in [2.45, 2.75) is 0 Å². The summed E-state index contributed by atoms with van der Waals surface area (Å²) in [4.78, 5) is 16.9. The summed E-state index contributed by atoms with van der Waals surface area (Å²) < 4.78 is 11.0. The summed E-state index contributed by atoms with van der Waals surface area (Å²) in [6.07, 6.45) is 1.66. The van der Waals surface area contributed by atoms with Gasteiger partial charge in [0.2, 0.25) is 5.90 Å². The number of rotatable bonds is 3. The third-order valence-corrected chi connectivity index (χ3v) is 3.99. The SMILES string of the molecule is COc1cccc(C2=N/C(=C\c3ccc(Cl)s3)C(=O)O2)c1. The second-order valence-corrected chi connectivity index (χ2v) is 5.96. The molecule has 1 aromatic heterocycles. The average Bonchev–Trinajstić information content (AvgIpc) is 3.06. The van der Waals surface area contributed by atoms with Gasteiger partial charge in [-0.2, -0.15) is 0 Å². The molecule has 2 heterocycles. The smallest absolute Gasteiger partial charge is 0.363 e. The molecule has 0 amide bonds. The van der Waals surface area contributed by atoms with Crippen LogP contribution in [0.5, 0.6) is 5.75 Å². The minimum absolute atomic E-state index is 0.256. The van der Waals surface area contributed by atoms with Crippen LogP contribution in [0, 0.1) is 0 Å². The van der Waals surface area contributed by atoms with Crippen LogP contribution < -0.4 is 4.74 Å². The summed E-state index contributed by atoms with van der Waals surface area (Å²) in [5.41, 5.74) is 0.946. The van der Waals surface area contributed by atoms with E-state index >= 15 is 0 Å². The monoisotopic (exact) mass is 319 g/mol. The van der Waals surface area contributed by atoms with Gasteiger partial charge < -0.3 is 9.47 Å². The Bertz CT molecular complexity index is 764. The number of hydrogen-bond donors (Lipinski definition) is 0. The Labute approximate surface area is 130 Å². The lowest BCUT2D eigenvalue weighted by Gasteiger charge is -2.02. The van der Waals surface area contributed by atoms with Crippen LogP contribution in [0.3, 0.4) is 0 Å². The molecule has 0 spiro atoms. The molecule has 0 radical (unpaired) electrons. The topological polar surface area (TPSA) is 47.9 Å². The maximum atomic E-state index is 11.9. The zero-order valence-electron chi connectivity index (χ0n) is 11.0. The molecule has 0 saturated carbocycles. The van der Waals surface area contributed by atoms with Crippen LogP contribution in [-0.4, -0.2) is 19.0 Å². The molecule has 21 heavy (non-hydrogen) atoms. The number of benzene rings is 1. The lowest BCUT2D eigenvalue weighted by Crippen LogP contribution is -2.05. The van der Waals surface area contributed by atoms with E-state index in [1.807, 2.05) is 18.2 Å². The van der Waals surface area contributed by atoms with E-state index in [0.717, 1.165) is 4.88 Å². The van der Waals surface area contributed by atoms with Crippen LogP contribution >= 0.6 is 22.9 Å². The molecule has 0 N–H and O–H groups in total. The molecule has 4 nitrogen and oxygen atoms in total. The Morgan fingerprint density at radius 1 is 1.33 bits per heavy atom. The number of carbonyl (C=O) groups excluding carboxylic acids is 1. The van der Waals surface area contributed by atoms with Crippen LogP contribution in [0.15, 0.2) is 47.1 Å². The summed E-state index contributed by atoms with van der Waals surface area (Å²) in [5, 5.41) is 0. The van der Waals surface area contributed by atoms with Crippen molar-refractivity contribution in [1.82, 2.24) is 0 Å². The highest BCUT2D eigenvalue weighted by molar-refractivity contribution is 7.17. The number of aliphatic imine (C=N–C) groups is 1. The first kappa shape index (κ1) is 13.9. The molecular weight excluding hydrogens is 310 g/mol. The number of nitrogens with zero attached hydrogens (tertiary/aromatic N) is 1. The van der Waals surface area contributed by atoms with E-state index in [1.54, 1.807) is 31.4 Å². The number of halogens is 1. The predicted octanol–water partition coefficient (Wildman–Crippen LogP) is 3.75. The molecule has 1 aliphatic heterocycles. The number of ether oxygens (including phenoxy) is 2. The number of carbonyl (C=O) groups is 1. The van der Waals surface area contributed by atoms with E-state index in [2.05, 4.69) is 4.99 Å². The van der Waals surface area contributed by atoms with E-state index in [1.165, 1.54) is 11.3 Å². The van der Waals surface area contributed by atoms with Gasteiger partial charge in [0.05, 0.1) is 11.4 Å². The van der Waals surface area contributed by atoms with Crippen LogP contribution in [0.4, 0.5) is 0 Å². The van der Waals surface area contributed by atoms with Crippen LogP contribution in [0.2, 0.25) is 4.34 Å². The van der Waals surface area contributed by atoms with Crippen molar-refractivity contribution in [3.05, 3.63) is 56.9 Å². The van der Waals surface area contributed by atoms with Crippen molar-refractivity contribution in [2.75, 3.05) is 7.11 Å². The summed E-state index contributed by atoms with van der Waals surface area (Å²) in [7, 11) is 1.58. The van der Waals surface area contributed by atoms with Gasteiger partial charge in [-0.25, -0.2) is 9.79 Å². The number of hydrogen-bond acceptors (Lipinski definition) is 5. The normalized spacial score (nSPS) is 16.0. The number of thiophene rings is 1. The maximum Gasteiger partial charge on any atom is 0.363 e. The first-order valence-corrected chi connectivity index (χ1v) is 7.27. The van der Waals surface area contributed by atoms with Crippen LogP contribution in [0.25, 0.3) is 6.08 Å². The Kier molecular flexibility index (Phi) is 3.77. The second-order valence-electron chi connectivity index (χ2n) is 4.21. The molecule has 0 saturated heterocycles. The number of methoxy groups -OCH3 is 1. The molecule has 1 aliphatic rings. The van der Waals surface area contributed by atoms with Crippen molar-refractivity contribution < 1.29 is 14.3 Å². The van der Waals surface area contributed by atoms with E-state index in [-0.39, 0.29) is 11.6 Å². The quantitative estimate of drug-likeness (QED) is 0.639. The van der Waals surface area contributed by atoms with Crippen LogP contribution in [-0.2, 0) is 9.53 Å². The first-order valence-electron chi connectivity index (χ1n) is 6.08. The van der Waals surface area contributed by atoms with Gasteiger partial charge in [-0.15, -0.1) is 11.3 Å². The minimum atomic E-state index is -0.475. The van der Waals surface area contributed by atoms with Gasteiger partial charge in [-0.1, -0.05) is 17.7 Å². The summed E-state index contributed by atoms with van der Waals surface area (Å²) in [5.74, 6) is 0.471. The Hall–Kier alpha value is -2.11. The van der Waals surface area contributed by atoms with Gasteiger partial charge in [0, 0.05) is 10.4 Å². The van der Waals surface area contributed by atoms with Crippen LogP contribution in [0.1, 0.15) is 10.4 Å². The highest BCUT2D eigenvalue weighted by atomic mass is 35.5. The fraction of sp³-hybridized carbons (Fsp3) is 0.0667. The van der Waals surface area contributed by atoms with Gasteiger partial charge in [0.25, 0.3) is 0 Å². The zero-order valence-corrected chi connectivity index (χ0v) is 12.6. The molecule has 1 aromatic carbocycles. The minimum Gasteiger partial charge on any atom is -0.497 e. The highest BCUT2D eigenvalue weighted by Crippen LogP contribution is 2.26. The lowest BCUT2D eigenvalue weighted by molar-refractivity contribution is -0.129. The standard InChI is InChI=1S/C15H10ClNO3S/c1-19-10-4-2-3-9(7-10)14-17-12(15(18)20-14)8-11-5-6-13(16)21-11/h2-8H,1H3/b12-8-. The zero-order chi connectivity index (χ0) is 14.8. The van der Waals surface area contributed by atoms with Gasteiger partial charge in [-0.3, -0.25) is 0 Å². The first-order chi connectivity index (χ1) is 10.2. The average molecular weight is 320 g/mol. The fourth-order valence-corrected chi connectivity index (χ4v) is 2.83. The van der Waals surface area contributed by atoms with Gasteiger partial charge >= 0.3 is 5.97 Å². The molecule has 0 unspecified atom stereocenters. The molecule has 6 heteroatoms. The molecule has 0 bridgehead atoms. The molecule has 2 aromatic rings. The predicted molar refractivity (Wildman–Crippen MR) is 82.9 cm³/mol. The number of esters is 1. The largest absolute Gasteiger partial charge is 0.497 e. The molecule has 106 valence electrons. The Morgan fingerprint density at radius 3 is 2.90 bits per heavy atom. The molecule has 0 aliphatic carbocycles.